The van der Waals surface area contributed by atoms with Crippen LogP contribution in [0.5, 0.6) is 0 Å². The van der Waals surface area contributed by atoms with Gasteiger partial charge in [0.2, 0.25) is 0 Å². The molecule has 5 nitrogen and oxygen atoms in total. The fraction of sp³-hybridized carbons (Fsp3) is 0.667. The van der Waals surface area contributed by atoms with Gasteiger partial charge in [0.15, 0.2) is 6.10 Å². The van der Waals surface area contributed by atoms with Crippen molar-refractivity contribution < 1.29 is 24.5 Å². The molecule has 5 heteroatoms. The number of allylic oxidation sites excluding steroid dienone is 2. The molecule has 0 heterocycles. The van der Waals surface area contributed by atoms with Gasteiger partial charge in [-0.3, -0.25) is 0 Å². The lowest BCUT2D eigenvalue weighted by Gasteiger charge is -2.40. The van der Waals surface area contributed by atoms with Crippen LogP contribution < -0.4 is 0 Å². The monoisotopic (exact) mass is 242 g/mol. The Hall–Kier alpha value is -1.36. The van der Waals surface area contributed by atoms with E-state index in [2.05, 4.69) is 9.78 Å². The number of hydrogen-bond acceptors (Lipinski definition) is 5. The first-order valence-corrected chi connectivity index (χ1v) is 5.45. The first kappa shape index (κ1) is 13.7. The van der Waals surface area contributed by atoms with Gasteiger partial charge in [-0.05, 0) is 11.8 Å². The van der Waals surface area contributed by atoms with E-state index in [1.807, 2.05) is 26.0 Å². The maximum Gasteiger partial charge on any atom is 0.384 e. The lowest BCUT2D eigenvalue weighted by Crippen LogP contribution is -2.46. The molecule has 17 heavy (non-hydrogen) atoms. The number of aliphatic hydroxyl groups is 1. The van der Waals surface area contributed by atoms with Gasteiger partial charge in [-0.25, -0.2) is 19.4 Å². The fourth-order valence-electron chi connectivity index (χ4n) is 1.92. The zero-order valence-corrected chi connectivity index (χ0v) is 10.5. The minimum atomic E-state index is -1.34. The van der Waals surface area contributed by atoms with E-state index in [9.17, 15) is 14.7 Å². The standard InChI is InChI=1S/C12H18O5/c1-8(13)16-17-10(15)9(14)12(4)7-5-6-11(12,2)3/h5-6,9,14H,7H2,1-4H3/t9-,12-/m1/s1. The topological polar surface area (TPSA) is 72.8 Å². The summed E-state index contributed by atoms with van der Waals surface area (Å²) >= 11 is 0. The van der Waals surface area contributed by atoms with Gasteiger partial charge in [-0.15, -0.1) is 0 Å². The molecule has 0 radical (unpaired) electrons. The van der Waals surface area contributed by atoms with Crippen molar-refractivity contribution in [2.75, 3.05) is 0 Å². The number of rotatable bonds is 2. The van der Waals surface area contributed by atoms with Crippen LogP contribution in [0.4, 0.5) is 0 Å². The zero-order valence-electron chi connectivity index (χ0n) is 10.5. The van der Waals surface area contributed by atoms with Gasteiger partial charge in [0.05, 0.1) is 0 Å². The highest BCUT2D eigenvalue weighted by Crippen LogP contribution is 2.50. The largest absolute Gasteiger partial charge is 0.384 e. The molecule has 0 amide bonds. The molecule has 0 aromatic carbocycles. The summed E-state index contributed by atoms with van der Waals surface area (Å²) in [6.07, 6.45) is 3.10. The van der Waals surface area contributed by atoms with Crippen molar-refractivity contribution in [1.82, 2.24) is 0 Å². The molecule has 0 aliphatic heterocycles. The average molecular weight is 242 g/mol. The highest BCUT2D eigenvalue weighted by molar-refractivity contribution is 5.76. The summed E-state index contributed by atoms with van der Waals surface area (Å²) in [5.41, 5.74) is -0.994. The predicted molar refractivity (Wildman–Crippen MR) is 59.5 cm³/mol. The highest BCUT2D eigenvalue weighted by Gasteiger charge is 2.51. The Morgan fingerprint density at radius 2 is 1.88 bits per heavy atom. The molecule has 0 saturated heterocycles. The summed E-state index contributed by atoms with van der Waals surface area (Å²) in [4.78, 5) is 30.5. The van der Waals surface area contributed by atoms with Gasteiger partial charge in [-0.2, -0.15) is 0 Å². The Balaban J connectivity index is 2.73. The second kappa shape index (κ2) is 4.49. The van der Waals surface area contributed by atoms with E-state index < -0.39 is 23.5 Å². The molecule has 1 aliphatic carbocycles. The lowest BCUT2D eigenvalue weighted by atomic mass is 9.65. The highest BCUT2D eigenvalue weighted by atomic mass is 17.2. The lowest BCUT2D eigenvalue weighted by molar-refractivity contribution is -0.267. The normalized spacial score (nSPS) is 27.6. The van der Waals surface area contributed by atoms with Crippen molar-refractivity contribution in [2.24, 2.45) is 10.8 Å². The smallest absolute Gasteiger partial charge is 0.381 e. The van der Waals surface area contributed by atoms with Crippen LogP contribution in [-0.4, -0.2) is 23.1 Å². The molecule has 96 valence electrons. The summed E-state index contributed by atoms with van der Waals surface area (Å²) in [5, 5.41) is 10.0. The molecular weight excluding hydrogens is 224 g/mol. The first-order valence-electron chi connectivity index (χ1n) is 5.45. The minimum Gasteiger partial charge on any atom is -0.381 e. The summed E-state index contributed by atoms with van der Waals surface area (Å²) in [5.74, 6) is -1.68. The van der Waals surface area contributed by atoms with E-state index in [0.29, 0.717) is 6.42 Å². The van der Waals surface area contributed by atoms with Crippen molar-refractivity contribution in [2.45, 2.75) is 40.2 Å². The Morgan fingerprint density at radius 3 is 2.29 bits per heavy atom. The van der Waals surface area contributed by atoms with E-state index >= 15 is 0 Å². The Labute approximate surface area is 100 Å². The van der Waals surface area contributed by atoms with Gasteiger partial charge < -0.3 is 5.11 Å². The molecular formula is C12H18O5. The predicted octanol–water partition coefficient (Wildman–Crippen LogP) is 1.36. The van der Waals surface area contributed by atoms with Gasteiger partial charge in [0, 0.05) is 12.3 Å². The van der Waals surface area contributed by atoms with Crippen molar-refractivity contribution in [3.05, 3.63) is 12.2 Å². The van der Waals surface area contributed by atoms with Crippen LogP contribution in [0, 0.1) is 10.8 Å². The molecule has 1 N–H and O–H groups in total. The zero-order chi connectivity index (χ0) is 13.3. The summed E-state index contributed by atoms with van der Waals surface area (Å²) in [6, 6.07) is 0. The molecule has 1 aliphatic rings. The maximum atomic E-state index is 11.6. The number of carbonyl (C=O) groups is 2. The summed E-state index contributed by atoms with van der Waals surface area (Å²) < 4.78 is 0. The average Bonchev–Trinajstić information content (AvgIpc) is 2.50. The van der Waals surface area contributed by atoms with Crippen LogP contribution in [0.15, 0.2) is 12.2 Å². The second-order valence-corrected chi connectivity index (χ2v) is 5.13. The second-order valence-electron chi connectivity index (χ2n) is 5.13. The van der Waals surface area contributed by atoms with Crippen molar-refractivity contribution in [3.8, 4) is 0 Å². The minimum absolute atomic E-state index is 0.332. The van der Waals surface area contributed by atoms with Crippen LogP contribution in [0.25, 0.3) is 0 Å². The van der Waals surface area contributed by atoms with Crippen LogP contribution in [0.3, 0.4) is 0 Å². The maximum absolute atomic E-state index is 11.6. The van der Waals surface area contributed by atoms with Crippen molar-refractivity contribution in [3.63, 3.8) is 0 Å². The quantitative estimate of drug-likeness (QED) is 0.449. The molecule has 0 saturated carbocycles. The number of carbonyl (C=O) groups excluding carboxylic acids is 2. The fourth-order valence-corrected chi connectivity index (χ4v) is 1.92. The van der Waals surface area contributed by atoms with E-state index in [1.54, 1.807) is 6.92 Å². The third-order valence-electron chi connectivity index (χ3n) is 3.62. The van der Waals surface area contributed by atoms with Crippen LogP contribution in [0.2, 0.25) is 0 Å². The van der Waals surface area contributed by atoms with Gasteiger partial charge in [0.25, 0.3) is 0 Å². The molecule has 1 rings (SSSR count). The third kappa shape index (κ3) is 2.49. The molecule has 0 aromatic heterocycles. The van der Waals surface area contributed by atoms with Crippen molar-refractivity contribution >= 4 is 11.9 Å². The van der Waals surface area contributed by atoms with Crippen LogP contribution in [0.1, 0.15) is 34.1 Å². The van der Waals surface area contributed by atoms with Crippen LogP contribution in [-0.2, 0) is 19.4 Å². The van der Waals surface area contributed by atoms with Crippen molar-refractivity contribution in [1.29, 1.82) is 0 Å². The van der Waals surface area contributed by atoms with Crippen LogP contribution >= 0.6 is 0 Å². The van der Waals surface area contributed by atoms with Gasteiger partial charge >= 0.3 is 11.9 Å². The Kier molecular flexibility index (Phi) is 3.62. The summed E-state index contributed by atoms with van der Waals surface area (Å²) in [6.45, 7) is 6.77. The molecule has 0 fully saturated rings. The number of aliphatic hydroxyl groups excluding tert-OH is 1. The van der Waals surface area contributed by atoms with E-state index in [4.69, 9.17) is 0 Å². The Bertz CT molecular complexity index is 358. The first-order chi connectivity index (χ1) is 7.71. The van der Waals surface area contributed by atoms with Gasteiger partial charge in [0.1, 0.15) is 0 Å². The molecule has 0 spiro atoms. The van der Waals surface area contributed by atoms with E-state index in [0.717, 1.165) is 6.92 Å². The molecule has 0 aromatic rings. The summed E-state index contributed by atoms with van der Waals surface area (Å²) in [7, 11) is 0. The van der Waals surface area contributed by atoms with Gasteiger partial charge in [-0.1, -0.05) is 32.9 Å². The molecule has 2 atom stereocenters. The SMILES string of the molecule is CC(=O)OOC(=O)[C@@H](O)[C@@]1(C)CC=CC1(C)C. The Morgan fingerprint density at radius 1 is 1.29 bits per heavy atom. The third-order valence-corrected chi connectivity index (χ3v) is 3.62. The van der Waals surface area contributed by atoms with E-state index in [1.165, 1.54) is 0 Å². The number of hydrogen-bond donors (Lipinski definition) is 1. The molecule has 0 bridgehead atoms. The van der Waals surface area contributed by atoms with E-state index in [-0.39, 0.29) is 5.41 Å². The molecule has 0 unspecified atom stereocenters.